The maximum Gasteiger partial charge on any atom is 0.292 e. The van der Waals surface area contributed by atoms with Crippen molar-refractivity contribution in [1.29, 1.82) is 0 Å². The Hall–Kier alpha value is -11.4. The van der Waals surface area contributed by atoms with Gasteiger partial charge in [-0.1, -0.05) is 0 Å². The number of nitrogens with zero attached hydrogens (tertiary/aromatic N) is 12. The van der Waals surface area contributed by atoms with E-state index in [1.165, 1.54) is 81.0 Å². The van der Waals surface area contributed by atoms with Crippen molar-refractivity contribution in [2.75, 3.05) is 92.4 Å². The van der Waals surface area contributed by atoms with Crippen LogP contribution in [0.1, 0.15) is 119 Å². The predicted octanol–water partition coefficient (Wildman–Crippen LogP) is 2.99. The van der Waals surface area contributed by atoms with Gasteiger partial charge in [0.2, 0.25) is 35.2 Å². The Morgan fingerprint density at radius 1 is 0.521 bits per heavy atom. The minimum absolute atomic E-state index is 0.0130. The van der Waals surface area contributed by atoms with E-state index in [1.54, 1.807) is 69.6 Å². The maximum atomic E-state index is 13.4. The zero-order valence-corrected chi connectivity index (χ0v) is 53.5. The highest BCUT2D eigenvalue weighted by molar-refractivity contribution is 6.07. The number of benzene rings is 1. The molecule has 0 spiro atoms. The molecule has 33 heteroatoms. The van der Waals surface area contributed by atoms with E-state index in [1.807, 2.05) is 23.9 Å². The Morgan fingerprint density at radius 3 is 1.56 bits per heavy atom. The predicted molar refractivity (Wildman–Crippen MR) is 345 cm³/mol. The minimum Gasteiger partial charge on any atom is -0.493 e. The Kier molecular flexibility index (Phi) is 21.2. The fraction of sp³-hybridized carbons (Fsp3) is 0.377. The molecule has 33 nitrogen and oxygen atoms in total. The van der Waals surface area contributed by atoms with Gasteiger partial charge in [-0.25, -0.2) is 15.0 Å². The van der Waals surface area contributed by atoms with Gasteiger partial charge in [0, 0.05) is 137 Å². The van der Waals surface area contributed by atoms with Crippen LogP contribution in [-0.2, 0) is 56.7 Å². The number of ether oxygens (including phenoxy) is 2. The van der Waals surface area contributed by atoms with E-state index in [9.17, 15) is 47.9 Å². The van der Waals surface area contributed by atoms with Gasteiger partial charge in [0.25, 0.3) is 41.4 Å². The third-order valence-electron chi connectivity index (χ3n) is 15.1. The van der Waals surface area contributed by atoms with Gasteiger partial charge in [0.1, 0.15) is 17.1 Å². The molecule has 1 fully saturated rings. The third kappa shape index (κ3) is 16.6. The van der Waals surface area contributed by atoms with E-state index >= 15 is 0 Å². The lowest BCUT2D eigenvalue weighted by Gasteiger charge is -2.20. The van der Waals surface area contributed by atoms with Crippen LogP contribution in [0.4, 0.5) is 40.2 Å². The molecule has 1 aromatic carbocycles. The van der Waals surface area contributed by atoms with Gasteiger partial charge >= 0.3 is 0 Å². The summed E-state index contributed by atoms with van der Waals surface area (Å²) in [5, 5.41) is 24.3. The largest absolute Gasteiger partial charge is 0.493 e. The summed E-state index contributed by atoms with van der Waals surface area (Å²) < 4.78 is 20.3. The number of carbonyl (C=O) groups excluding carboxylic acids is 10. The molecule has 8 heterocycles. The monoisotopic (exact) mass is 1290 g/mol. The first-order chi connectivity index (χ1) is 44.9. The summed E-state index contributed by atoms with van der Waals surface area (Å²) >= 11 is 0. The van der Waals surface area contributed by atoms with Crippen molar-refractivity contribution < 1.29 is 57.4 Å². The zero-order valence-electron chi connectivity index (χ0n) is 53.5. The Bertz CT molecular complexity index is 4100. The van der Waals surface area contributed by atoms with Crippen molar-refractivity contribution in [3.05, 3.63) is 108 Å². The van der Waals surface area contributed by atoms with Gasteiger partial charge < -0.3 is 94.5 Å². The number of anilines is 6. The second-order valence-electron chi connectivity index (χ2n) is 22.7. The van der Waals surface area contributed by atoms with Gasteiger partial charge in [-0.15, -0.1) is 0 Å². The summed E-state index contributed by atoms with van der Waals surface area (Å²) in [6, 6.07) is 7.77. The van der Waals surface area contributed by atoms with Crippen LogP contribution in [0.2, 0.25) is 0 Å². The highest BCUT2D eigenvalue weighted by atomic mass is 16.5. The molecule has 0 bridgehead atoms. The normalized spacial score (nSPS) is 13.1. The first kappa shape index (κ1) is 67.0. The first-order valence-corrected chi connectivity index (χ1v) is 30.0. The van der Waals surface area contributed by atoms with Crippen LogP contribution in [0.5, 0.6) is 11.5 Å². The number of fused-ring (bicyclic) bond motifs is 2. The quantitative estimate of drug-likeness (QED) is 0.0318. The number of hydrogen-bond donors (Lipinski definition) is 9. The molecule has 94 heavy (non-hydrogen) atoms. The third-order valence-corrected chi connectivity index (χ3v) is 15.1. The number of imidazole rings is 3. The van der Waals surface area contributed by atoms with Gasteiger partial charge in [-0.05, 0) is 70.6 Å². The molecular weight excluding hydrogens is 1220 g/mol. The van der Waals surface area contributed by atoms with Crippen LogP contribution in [0.25, 0.3) is 0 Å². The number of aryl methyl sites for hydroxylation is 6. The van der Waals surface area contributed by atoms with E-state index < -0.39 is 41.4 Å². The molecule has 0 aliphatic carbocycles. The number of hydrogen-bond acceptors (Lipinski definition) is 17. The lowest BCUT2D eigenvalue weighted by molar-refractivity contribution is -0.117. The molecule has 10 amide bonds. The zero-order chi connectivity index (χ0) is 67.5. The van der Waals surface area contributed by atoms with Crippen LogP contribution in [-0.4, -0.2) is 184 Å². The van der Waals surface area contributed by atoms with E-state index in [-0.39, 0.29) is 115 Å². The average molecular weight is 1290 g/mol. The number of carbonyl (C=O) groups is 10. The Balaban J connectivity index is 0.662. The molecule has 1 atom stereocenters. The lowest BCUT2D eigenvalue weighted by atomic mass is 10.1. The van der Waals surface area contributed by atoms with Crippen LogP contribution in [0.15, 0.2) is 72.5 Å². The number of amides is 10. The van der Waals surface area contributed by atoms with E-state index in [4.69, 9.17) is 9.47 Å². The minimum atomic E-state index is -0.710. The SMILES string of the molecule is COc1cc2c(cc1OCCCC(=O)Nc1cn(C)c(C(=O)Nc3cc(C(=O)NCCC(=O)Nc4cn(C)c(C(=O)Nc5cn(C)c(C(=O)NCCC(=O)Nc6cc(C(=O)Nc7cc(C(=O)NCCCN(C)C)n(C)c7)n(C)c6)n5)n4)n(C)c3)n1)N=C[C@@H]1CCCN1C2=O. The van der Waals surface area contributed by atoms with E-state index in [0.29, 0.717) is 59.3 Å². The highest BCUT2D eigenvalue weighted by Gasteiger charge is 2.33. The lowest BCUT2D eigenvalue weighted by Crippen LogP contribution is -2.35. The number of nitrogens with one attached hydrogen (secondary N) is 9. The summed E-state index contributed by atoms with van der Waals surface area (Å²) in [6.45, 7) is 1.98. The van der Waals surface area contributed by atoms with Gasteiger partial charge in [0.05, 0.1) is 48.1 Å². The van der Waals surface area contributed by atoms with Crippen molar-refractivity contribution in [3.63, 3.8) is 0 Å². The summed E-state index contributed by atoms with van der Waals surface area (Å²) in [6.07, 6.45) is 13.4. The molecule has 7 aromatic rings. The molecular formula is C61H75N21O12. The fourth-order valence-electron chi connectivity index (χ4n) is 10.4. The van der Waals surface area contributed by atoms with Crippen molar-refractivity contribution in [2.24, 2.45) is 47.3 Å². The molecule has 9 rings (SSSR count). The van der Waals surface area contributed by atoms with Crippen LogP contribution in [0, 0.1) is 0 Å². The molecule has 2 aliphatic heterocycles. The fourth-order valence-corrected chi connectivity index (χ4v) is 10.4. The number of rotatable bonds is 28. The highest BCUT2D eigenvalue weighted by Crippen LogP contribution is 2.38. The second-order valence-corrected chi connectivity index (χ2v) is 22.7. The molecule has 1 saturated heterocycles. The van der Waals surface area contributed by atoms with Crippen LogP contribution < -0.4 is 57.3 Å². The molecule has 6 aromatic heterocycles. The molecule has 9 N–H and O–H groups in total. The number of methoxy groups -OCH3 is 1. The standard InChI is InChI=1S/C61H75N21O12/c1-75(2)20-12-17-62-55(86)41-24-36(30-76(41)3)67-57(88)43-23-35(29-78(43)5)66-50(84)15-19-64-58(89)52-73-48(34-79(52)6)74-60(91)54-72-47(33-81(54)8)70-51(85)16-18-63-56(87)42-25-37(31-77(42)4)68-59(90)53-71-46(32-80(53)7)69-49(83)14-11-22-94-45-27-40-39(26-44(45)93-9)61(92)82-21-10-13-38(82)28-65-40/h23-34,38H,10-22H2,1-9H3,(H,62,86)(H,63,87)(H,64,89)(H,66,84)(H,67,88)(H,68,90)(H,69,83)(H,70,85)(H,74,91)/t38-/m0/s1. The summed E-state index contributed by atoms with van der Waals surface area (Å²) in [5.41, 5.74) is 2.73. The van der Waals surface area contributed by atoms with Crippen LogP contribution >= 0.6 is 0 Å². The summed E-state index contributed by atoms with van der Waals surface area (Å²) in [4.78, 5) is 152. The second kappa shape index (κ2) is 29.7. The van der Waals surface area contributed by atoms with Crippen molar-refractivity contribution in [1.82, 2.24) is 68.1 Å². The Morgan fingerprint density at radius 2 is 1.00 bits per heavy atom. The summed E-state index contributed by atoms with van der Waals surface area (Å²) in [7, 11) is 15.0. The van der Waals surface area contributed by atoms with Gasteiger partial charge in [-0.3, -0.25) is 52.9 Å². The van der Waals surface area contributed by atoms with Gasteiger partial charge in [-0.2, -0.15) is 0 Å². The molecule has 496 valence electrons. The topological polar surface area (TPSA) is 385 Å². The van der Waals surface area contributed by atoms with Gasteiger partial charge in [0.15, 0.2) is 29.0 Å². The van der Waals surface area contributed by atoms with Crippen LogP contribution in [0.3, 0.4) is 0 Å². The Labute approximate surface area is 539 Å². The first-order valence-electron chi connectivity index (χ1n) is 30.0. The number of aliphatic imine (C=N–C) groups is 1. The van der Waals surface area contributed by atoms with E-state index in [0.717, 1.165) is 25.8 Å². The number of aromatic nitrogens is 9. The van der Waals surface area contributed by atoms with Crippen molar-refractivity contribution in [2.45, 2.75) is 51.0 Å². The maximum absolute atomic E-state index is 13.4. The molecule has 0 saturated carbocycles. The van der Waals surface area contributed by atoms with E-state index in [2.05, 4.69) is 67.8 Å². The van der Waals surface area contributed by atoms with Crippen molar-refractivity contribution in [3.8, 4) is 11.5 Å². The average Bonchev–Trinajstić information content (AvgIpc) is 1.56. The molecule has 0 radical (unpaired) electrons. The molecule has 2 aliphatic rings. The smallest absolute Gasteiger partial charge is 0.292 e. The van der Waals surface area contributed by atoms with Crippen molar-refractivity contribution >= 4 is 105 Å². The molecule has 0 unspecified atom stereocenters. The summed E-state index contributed by atoms with van der Waals surface area (Å²) in [5.74, 6) is -3.93.